The number of fused-ring (bicyclic) bond motifs is 1. The van der Waals surface area contributed by atoms with Gasteiger partial charge in [-0.1, -0.05) is 5.04 Å². The van der Waals surface area contributed by atoms with Crippen molar-refractivity contribution in [2.75, 3.05) is 10.6 Å². The molecule has 0 fully saturated rings. The number of phenols is 1. The molecule has 0 aliphatic carbocycles. The van der Waals surface area contributed by atoms with Crippen molar-refractivity contribution in [2.24, 2.45) is 10.2 Å². The summed E-state index contributed by atoms with van der Waals surface area (Å²) in [5.74, 6) is -2.13. The summed E-state index contributed by atoms with van der Waals surface area (Å²) >= 11 is 6.51. The highest BCUT2D eigenvalue weighted by atomic mass is 35.5. The van der Waals surface area contributed by atoms with Crippen molar-refractivity contribution in [3.8, 4) is 11.7 Å². The highest BCUT2D eigenvalue weighted by Gasteiger charge is 2.21. The van der Waals surface area contributed by atoms with Crippen molar-refractivity contribution in [3.63, 3.8) is 0 Å². The molecule has 0 aliphatic heterocycles. The number of rotatable bonds is 11. The van der Waals surface area contributed by atoms with Crippen LogP contribution in [0.5, 0.6) is 5.75 Å². The van der Waals surface area contributed by atoms with Crippen LogP contribution in [-0.4, -0.2) is 55.3 Å². The van der Waals surface area contributed by atoms with E-state index in [1.165, 1.54) is 66.3 Å². The van der Waals surface area contributed by atoms with Gasteiger partial charge in [-0.3, -0.25) is 9.35 Å². The van der Waals surface area contributed by atoms with Gasteiger partial charge in [0.15, 0.2) is 5.75 Å². The number of aromatic hydroxyl groups is 1. The predicted molar refractivity (Wildman–Crippen MR) is 168 cm³/mol. The van der Waals surface area contributed by atoms with E-state index >= 15 is 0 Å². The van der Waals surface area contributed by atoms with Crippen LogP contribution < -0.4 is 15.2 Å². The Labute approximate surface area is 278 Å². The number of nitrogens with zero attached hydrogens (tertiary/aromatic N) is 6. The van der Waals surface area contributed by atoms with Crippen molar-refractivity contribution in [2.45, 2.75) is 16.7 Å². The molecule has 2 aromatic heterocycles. The maximum absolute atomic E-state index is 12.2. The van der Waals surface area contributed by atoms with Crippen LogP contribution in [0.15, 0.2) is 87.0 Å². The molecule has 0 atom stereocenters. The molecule has 0 radical (unpaired) electrons. The maximum atomic E-state index is 12.2. The van der Waals surface area contributed by atoms with Crippen LogP contribution in [0.2, 0.25) is 5.28 Å². The van der Waals surface area contributed by atoms with E-state index in [-0.39, 0.29) is 50.3 Å². The Morgan fingerprint density at radius 3 is 2.52 bits per heavy atom. The molecule has 0 saturated carbocycles. The summed E-state index contributed by atoms with van der Waals surface area (Å²) in [7, 11) is -4.85. The van der Waals surface area contributed by atoms with Crippen LogP contribution in [-0.2, 0) is 24.3 Å². The number of pyridine rings is 1. The number of hydrogen-bond donors (Lipinski definition) is 6. The summed E-state index contributed by atoms with van der Waals surface area (Å²) in [6.45, 7) is 1.32. The number of halogens is 1. The lowest BCUT2D eigenvalue weighted by atomic mass is 10.1. The number of hydrogen-bond acceptors (Lipinski definition) is 15. The van der Waals surface area contributed by atoms with Gasteiger partial charge in [0.05, 0.1) is 34.9 Å². The quantitative estimate of drug-likeness (QED) is 0.0258. The molecule has 21 heteroatoms. The molecule has 0 bridgehead atoms. The van der Waals surface area contributed by atoms with E-state index in [1.54, 1.807) is 6.07 Å². The first-order chi connectivity index (χ1) is 22.8. The first-order valence-electron chi connectivity index (χ1n) is 13.0. The lowest BCUT2D eigenvalue weighted by molar-refractivity contribution is -0.603. The third kappa shape index (κ3) is 7.95. The molecular formula is C27H20ClN8O10S2+. The smallest absolute Gasteiger partial charge is 0.444 e. The summed E-state index contributed by atoms with van der Waals surface area (Å²) in [4.78, 5) is 34.5. The number of carbonyl (C=O) groups is 2. The molecule has 0 aliphatic rings. The molecule has 5 aromatic rings. The van der Waals surface area contributed by atoms with Crippen LogP contribution in [0.1, 0.15) is 17.3 Å². The molecular weight excluding hydrogens is 696 g/mol. The van der Waals surface area contributed by atoms with E-state index in [0.717, 1.165) is 6.07 Å². The first-order valence-corrected chi connectivity index (χ1v) is 15.6. The fraction of sp³-hybridized carbons (Fsp3) is 0.0370. The lowest BCUT2D eigenvalue weighted by Crippen LogP contribution is -2.34. The third-order valence-corrected chi connectivity index (χ3v) is 7.84. The molecule has 0 saturated heterocycles. The molecule has 246 valence electrons. The Bertz CT molecular complexity index is 2220. The topological polar surface area (TPSA) is 259 Å². The number of anilines is 3. The molecule has 3 aromatic carbocycles. The Morgan fingerprint density at radius 1 is 1.04 bits per heavy atom. The number of carbonyl (C=O) groups excluding carboxylic acids is 1. The molecule has 0 spiro atoms. The molecule has 18 nitrogen and oxygen atoms in total. The maximum Gasteiger partial charge on any atom is 0.444 e. The van der Waals surface area contributed by atoms with Gasteiger partial charge >= 0.3 is 23.1 Å². The Balaban J connectivity index is 1.55. The van der Waals surface area contributed by atoms with Gasteiger partial charge in [0.25, 0.3) is 10.1 Å². The number of carboxylic acid groups (broad SMARTS) is 1. The van der Waals surface area contributed by atoms with Gasteiger partial charge in [-0.15, -0.1) is 14.6 Å². The van der Waals surface area contributed by atoms with Crippen molar-refractivity contribution in [3.05, 3.63) is 77.8 Å². The highest BCUT2D eigenvalue weighted by Crippen LogP contribution is 2.45. The number of amides is 1. The average molecular weight is 716 g/mol. The van der Waals surface area contributed by atoms with Crippen molar-refractivity contribution in [1.29, 1.82) is 0 Å². The largest absolute Gasteiger partial charge is 0.505 e. The molecule has 1 amide bonds. The second kappa shape index (κ2) is 14.2. The highest BCUT2D eigenvalue weighted by molar-refractivity contribution is 7.94. The van der Waals surface area contributed by atoms with E-state index in [0.29, 0.717) is 23.1 Å². The Hall–Kier alpha value is -5.35. The monoisotopic (exact) mass is 715 g/mol. The Morgan fingerprint density at radius 2 is 1.81 bits per heavy atom. The lowest BCUT2D eigenvalue weighted by Gasteiger charge is -2.11. The van der Waals surface area contributed by atoms with Crippen molar-refractivity contribution >= 4 is 85.1 Å². The fourth-order valence-corrected chi connectivity index (χ4v) is 5.46. The number of carboxylic acids is 1. The van der Waals surface area contributed by atoms with Crippen molar-refractivity contribution < 1.29 is 52.0 Å². The molecule has 5 rings (SSSR count). The second-order valence-corrected chi connectivity index (χ2v) is 11.9. The zero-order valence-electron chi connectivity index (χ0n) is 24.0. The summed E-state index contributed by atoms with van der Waals surface area (Å²) in [5, 5.41) is 46.6. The molecule has 6 N–H and O–H groups in total. The van der Waals surface area contributed by atoms with Crippen molar-refractivity contribution in [1.82, 2.24) is 15.0 Å². The van der Waals surface area contributed by atoms with E-state index in [4.69, 9.17) is 16.9 Å². The van der Waals surface area contributed by atoms with Gasteiger partial charge in [-0.25, -0.2) is 14.6 Å². The standard InChI is InChI=1S/C27H19ClN8O10S2/c1-13(37)29-16-4-6-18-15(9-16)10-20(47-46-45-41)22(23(18)38)35-34-19-11-17(5-7-21(19)48(42,43)44)30-26-31-25(28)32-27(33-26)36-8-2-3-14(12-36)24(39)40/h2-12H,1H3,(H5-,29,30,31,32,33,34,37,38,39,40,41,42,43,44)/p+1. The molecule has 48 heavy (non-hydrogen) atoms. The summed E-state index contributed by atoms with van der Waals surface area (Å²) < 4.78 is 40.1. The minimum Gasteiger partial charge on any atom is -0.505 e. The summed E-state index contributed by atoms with van der Waals surface area (Å²) in [6, 6.07) is 12.3. The van der Waals surface area contributed by atoms with Crippen LogP contribution >= 0.6 is 23.6 Å². The van der Waals surface area contributed by atoms with Gasteiger partial charge in [0.2, 0.25) is 5.91 Å². The van der Waals surface area contributed by atoms with Gasteiger partial charge in [-0.2, -0.15) is 13.4 Å². The van der Waals surface area contributed by atoms with Crippen LogP contribution in [0.4, 0.5) is 28.7 Å². The fourth-order valence-electron chi connectivity index (χ4n) is 4.21. The summed E-state index contributed by atoms with van der Waals surface area (Å²) in [5.41, 5.74) is -0.148. The minimum absolute atomic E-state index is 0.0392. The number of nitrogens with one attached hydrogen (secondary N) is 2. The van der Waals surface area contributed by atoms with E-state index in [1.807, 2.05) is 0 Å². The predicted octanol–water partition coefficient (Wildman–Crippen LogP) is 5.15. The van der Waals surface area contributed by atoms with E-state index < -0.39 is 32.4 Å². The SMILES string of the molecule is CC(=O)Nc1ccc2c(O)c(N=Nc3cc(Nc4nc(Cl)nc(-[n+]5cccc(C(=O)O)c5)n4)ccc3S(=O)(=O)O)c(SOOO)cc2c1. The number of aromatic carboxylic acids is 1. The third-order valence-electron chi connectivity index (χ3n) is 6.15. The zero-order chi connectivity index (χ0) is 34.6. The second-order valence-electron chi connectivity index (χ2n) is 9.43. The number of benzene rings is 3. The first kappa shape index (κ1) is 34.0. The number of aromatic nitrogens is 4. The average Bonchev–Trinajstić information content (AvgIpc) is 3.02. The van der Waals surface area contributed by atoms with Gasteiger partial charge in [0.1, 0.15) is 16.3 Å². The zero-order valence-corrected chi connectivity index (χ0v) is 26.4. The number of azo groups is 1. The van der Waals surface area contributed by atoms with Gasteiger partial charge < -0.3 is 20.8 Å². The van der Waals surface area contributed by atoms with E-state index in [2.05, 4.69) is 45.2 Å². The normalized spacial score (nSPS) is 11.6. The van der Waals surface area contributed by atoms with Gasteiger partial charge in [0, 0.05) is 23.7 Å². The molecule has 2 heterocycles. The minimum atomic E-state index is -4.85. The van der Waals surface area contributed by atoms with Gasteiger partial charge in [-0.05, 0) is 81.6 Å². The summed E-state index contributed by atoms with van der Waals surface area (Å²) in [6.07, 6.45) is 2.74. The number of phenolic OH excluding ortho intramolecular Hbond substituents is 1. The van der Waals surface area contributed by atoms with Crippen LogP contribution in [0, 0.1) is 0 Å². The molecule has 0 unspecified atom stereocenters. The van der Waals surface area contributed by atoms with E-state index in [9.17, 15) is 32.8 Å². The van der Waals surface area contributed by atoms with Crippen LogP contribution in [0.25, 0.3) is 16.7 Å². The van der Waals surface area contributed by atoms with Crippen LogP contribution in [0.3, 0.4) is 0 Å². The Kier molecular flexibility index (Phi) is 10.0.